The number of carbonyl (C=O) groups excluding carboxylic acids is 2. The maximum Gasteiger partial charge on any atom is 0.266 e. The molecule has 2 heterocycles. The summed E-state index contributed by atoms with van der Waals surface area (Å²) in [6, 6.07) is 7.39. The summed E-state index contributed by atoms with van der Waals surface area (Å²) in [4.78, 5) is 30.6. The molecule has 100 valence electrons. The Morgan fingerprint density at radius 1 is 1.53 bits per heavy atom. The first-order valence-corrected chi connectivity index (χ1v) is 5.96. The van der Waals surface area contributed by atoms with Crippen LogP contribution < -0.4 is 4.90 Å². The van der Waals surface area contributed by atoms with Gasteiger partial charge in [-0.3, -0.25) is 19.3 Å². The molecule has 1 atom stereocenters. The number of fused-ring (bicyclic) bond motifs is 2. The van der Waals surface area contributed by atoms with Crippen molar-refractivity contribution in [2.75, 3.05) is 32.2 Å². The smallest absolute Gasteiger partial charge is 0.266 e. The van der Waals surface area contributed by atoms with Gasteiger partial charge in [0.1, 0.15) is 6.54 Å². The van der Waals surface area contributed by atoms with E-state index in [1.54, 1.807) is 0 Å². The molecule has 0 bridgehead atoms. The quantitative estimate of drug-likeness (QED) is 0.580. The van der Waals surface area contributed by atoms with Gasteiger partial charge in [-0.05, 0) is 6.07 Å². The standard InChI is InChI=1S/C13H14N2O4/c1-14(18-2)11(16)7-15-10-6-4-3-5-9(10)13(8-19-13)12(15)17/h3-6H,7-8H2,1-2H3. The van der Waals surface area contributed by atoms with Crippen LogP contribution in [0.4, 0.5) is 5.69 Å². The Balaban J connectivity index is 1.91. The Morgan fingerprint density at radius 2 is 2.21 bits per heavy atom. The lowest BCUT2D eigenvalue weighted by Gasteiger charge is -2.20. The molecule has 0 saturated carbocycles. The summed E-state index contributed by atoms with van der Waals surface area (Å²) in [5.41, 5.74) is 0.735. The van der Waals surface area contributed by atoms with Gasteiger partial charge in [-0.2, -0.15) is 0 Å². The number of para-hydroxylation sites is 1. The molecule has 1 saturated heterocycles. The third kappa shape index (κ3) is 1.64. The predicted octanol–water partition coefficient (Wildman–Crippen LogP) is 0.279. The molecule has 0 aliphatic carbocycles. The molecule has 1 aromatic rings. The number of carbonyl (C=O) groups is 2. The highest BCUT2D eigenvalue weighted by atomic mass is 16.7. The summed E-state index contributed by atoms with van der Waals surface area (Å²) < 4.78 is 5.35. The van der Waals surface area contributed by atoms with Gasteiger partial charge in [0, 0.05) is 12.6 Å². The number of ether oxygens (including phenoxy) is 1. The Hall–Kier alpha value is -1.92. The van der Waals surface area contributed by atoms with E-state index in [1.165, 1.54) is 19.1 Å². The van der Waals surface area contributed by atoms with Crippen LogP contribution >= 0.6 is 0 Å². The normalized spacial score (nSPS) is 23.7. The second-order valence-corrected chi connectivity index (χ2v) is 4.60. The van der Waals surface area contributed by atoms with Crippen LogP contribution in [0.3, 0.4) is 0 Å². The third-order valence-corrected chi connectivity index (χ3v) is 3.57. The lowest BCUT2D eigenvalue weighted by molar-refractivity contribution is -0.167. The molecule has 19 heavy (non-hydrogen) atoms. The highest BCUT2D eigenvalue weighted by Gasteiger charge is 2.61. The average Bonchev–Trinajstić information content (AvgIpc) is 3.20. The number of benzene rings is 1. The minimum Gasteiger partial charge on any atom is -0.354 e. The molecule has 1 aromatic carbocycles. The van der Waals surface area contributed by atoms with Crippen LogP contribution in [-0.4, -0.2) is 44.2 Å². The minimum absolute atomic E-state index is 0.0503. The Labute approximate surface area is 110 Å². The summed E-state index contributed by atoms with van der Waals surface area (Å²) in [6.07, 6.45) is 0. The molecule has 1 unspecified atom stereocenters. The summed E-state index contributed by atoms with van der Waals surface area (Å²) >= 11 is 0. The molecule has 2 aliphatic rings. The number of anilines is 1. The van der Waals surface area contributed by atoms with Gasteiger partial charge in [-0.25, -0.2) is 5.06 Å². The van der Waals surface area contributed by atoms with Crippen molar-refractivity contribution < 1.29 is 19.2 Å². The molecular weight excluding hydrogens is 248 g/mol. The number of hydrogen-bond acceptors (Lipinski definition) is 4. The fourth-order valence-electron chi connectivity index (χ4n) is 2.34. The number of rotatable bonds is 3. The molecule has 1 fully saturated rings. The molecule has 6 heteroatoms. The number of hydroxylamine groups is 2. The molecule has 2 aliphatic heterocycles. The molecule has 2 amide bonds. The van der Waals surface area contributed by atoms with Crippen molar-refractivity contribution in [3.05, 3.63) is 29.8 Å². The number of likely N-dealkylation sites (N-methyl/N-ethyl adjacent to an activating group) is 1. The lowest BCUT2D eigenvalue weighted by Crippen LogP contribution is -2.41. The van der Waals surface area contributed by atoms with Gasteiger partial charge >= 0.3 is 0 Å². The topological polar surface area (TPSA) is 62.4 Å². The van der Waals surface area contributed by atoms with E-state index in [9.17, 15) is 9.59 Å². The molecule has 0 aromatic heterocycles. The molecule has 6 nitrogen and oxygen atoms in total. The van der Waals surface area contributed by atoms with Crippen molar-refractivity contribution in [1.29, 1.82) is 0 Å². The Morgan fingerprint density at radius 3 is 2.84 bits per heavy atom. The zero-order chi connectivity index (χ0) is 13.6. The van der Waals surface area contributed by atoms with E-state index in [4.69, 9.17) is 9.57 Å². The summed E-state index contributed by atoms with van der Waals surface area (Å²) in [5, 5.41) is 1.11. The summed E-state index contributed by atoms with van der Waals surface area (Å²) in [7, 11) is 2.92. The van der Waals surface area contributed by atoms with Gasteiger partial charge in [0.2, 0.25) is 0 Å². The monoisotopic (exact) mass is 262 g/mol. The predicted molar refractivity (Wildman–Crippen MR) is 66.2 cm³/mol. The van der Waals surface area contributed by atoms with E-state index < -0.39 is 5.60 Å². The number of epoxide rings is 1. The minimum atomic E-state index is -0.845. The van der Waals surface area contributed by atoms with E-state index in [2.05, 4.69) is 0 Å². The van der Waals surface area contributed by atoms with Crippen molar-refractivity contribution in [2.45, 2.75) is 5.60 Å². The highest BCUT2D eigenvalue weighted by molar-refractivity contribution is 6.11. The fraction of sp³-hybridized carbons (Fsp3) is 0.385. The van der Waals surface area contributed by atoms with Gasteiger partial charge in [0.25, 0.3) is 11.8 Å². The van der Waals surface area contributed by atoms with Crippen LogP contribution in [0.5, 0.6) is 0 Å². The van der Waals surface area contributed by atoms with Gasteiger partial charge in [-0.1, -0.05) is 18.2 Å². The van der Waals surface area contributed by atoms with Gasteiger partial charge in [-0.15, -0.1) is 0 Å². The molecular formula is C13H14N2O4. The van der Waals surface area contributed by atoms with Crippen molar-refractivity contribution >= 4 is 17.5 Å². The SMILES string of the molecule is CON(C)C(=O)CN1C(=O)C2(CO2)c2ccccc21. The lowest BCUT2D eigenvalue weighted by atomic mass is 10.0. The van der Waals surface area contributed by atoms with E-state index in [0.29, 0.717) is 6.61 Å². The van der Waals surface area contributed by atoms with E-state index in [-0.39, 0.29) is 18.4 Å². The average molecular weight is 262 g/mol. The van der Waals surface area contributed by atoms with Crippen LogP contribution in [0.2, 0.25) is 0 Å². The van der Waals surface area contributed by atoms with Crippen LogP contribution in [0.1, 0.15) is 5.56 Å². The van der Waals surface area contributed by atoms with Crippen molar-refractivity contribution in [3.8, 4) is 0 Å². The maximum absolute atomic E-state index is 12.4. The van der Waals surface area contributed by atoms with Crippen LogP contribution in [0.15, 0.2) is 24.3 Å². The van der Waals surface area contributed by atoms with Crippen molar-refractivity contribution in [3.63, 3.8) is 0 Å². The van der Waals surface area contributed by atoms with Crippen molar-refractivity contribution in [2.24, 2.45) is 0 Å². The highest BCUT2D eigenvalue weighted by Crippen LogP contribution is 2.50. The van der Waals surface area contributed by atoms with E-state index in [0.717, 1.165) is 16.3 Å². The second kappa shape index (κ2) is 4.04. The number of hydrogen-bond donors (Lipinski definition) is 0. The number of amides is 2. The zero-order valence-corrected chi connectivity index (χ0v) is 10.8. The fourth-order valence-corrected chi connectivity index (χ4v) is 2.34. The van der Waals surface area contributed by atoms with Gasteiger partial charge in [0.15, 0.2) is 5.60 Å². The third-order valence-electron chi connectivity index (χ3n) is 3.57. The first-order chi connectivity index (χ1) is 9.10. The van der Waals surface area contributed by atoms with Crippen LogP contribution in [-0.2, 0) is 24.8 Å². The molecule has 1 spiro atoms. The summed E-state index contributed by atoms with van der Waals surface area (Å²) in [6.45, 7) is 0.332. The van der Waals surface area contributed by atoms with E-state index in [1.807, 2.05) is 24.3 Å². The Kier molecular flexibility index (Phi) is 2.58. The molecule has 0 N–H and O–H groups in total. The van der Waals surface area contributed by atoms with Crippen molar-refractivity contribution in [1.82, 2.24) is 5.06 Å². The zero-order valence-electron chi connectivity index (χ0n) is 10.8. The molecule has 0 radical (unpaired) electrons. The first kappa shape index (κ1) is 12.1. The number of nitrogens with zero attached hydrogens (tertiary/aromatic N) is 2. The van der Waals surface area contributed by atoms with Crippen LogP contribution in [0.25, 0.3) is 0 Å². The molecule has 3 rings (SSSR count). The van der Waals surface area contributed by atoms with Gasteiger partial charge < -0.3 is 4.74 Å². The van der Waals surface area contributed by atoms with Gasteiger partial charge in [0.05, 0.1) is 19.4 Å². The first-order valence-electron chi connectivity index (χ1n) is 5.96. The maximum atomic E-state index is 12.4. The second-order valence-electron chi connectivity index (χ2n) is 4.60. The van der Waals surface area contributed by atoms with E-state index >= 15 is 0 Å². The van der Waals surface area contributed by atoms with Crippen LogP contribution in [0, 0.1) is 0 Å². The summed E-state index contributed by atoms with van der Waals surface area (Å²) in [5.74, 6) is -0.463. The largest absolute Gasteiger partial charge is 0.354 e. The Bertz CT molecular complexity index is 553.